The van der Waals surface area contributed by atoms with Gasteiger partial charge in [-0.15, -0.1) is 0 Å². The Bertz CT molecular complexity index is 383. The van der Waals surface area contributed by atoms with E-state index >= 15 is 0 Å². The number of Topliss-reactive ketones (excluding diaryl/α,β-unsaturated/α-hetero) is 1. The van der Waals surface area contributed by atoms with E-state index in [4.69, 9.17) is 4.74 Å². The Hall–Kier alpha value is -0.970. The van der Waals surface area contributed by atoms with Gasteiger partial charge in [0.1, 0.15) is 18.3 Å². The van der Waals surface area contributed by atoms with Crippen molar-refractivity contribution in [2.45, 2.75) is 50.9 Å². The quantitative estimate of drug-likeness (QED) is 0.549. The van der Waals surface area contributed by atoms with Crippen LogP contribution in [0.2, 0.25) is 0 Å². The van der Waals surface area contributed by atoms with Gasteiger partial charge in [-0.2, -0.15) is 0 Å². The van der Waals surface area contributed by atoms with E-state index in [1.807, 2.05) is 6.08 Å². The number of epoxide rings is 1. The van der Waals surface area contributed by atoms with E-state index in [1.165, 1.54) is 6.42 Å². The predicted molar refractivity (Wildman–Crippen MR) is 67.1 cm³/mol. The maximum atomic E-state index is 11.8. The fourth-order valence-corrected chi connectivity index (χ4v) is 2.34. The maximum absolute atomic E-state index is 11.8. The Morgan fingerprint density at radius 2 is 2.17 bits per heavy atom. The lowest BCUT2D eigenvalue weighted by Crippen LogP contribution is -2.32. The Morgan fingerprint density at radius 3 is 2.83 bits per heavy atom. The summed E-state index contributed by atoms with van der Waals surface area (Å²) in [6.45, 7) is 1.81. The second-order valence-electron chi connectivity index (χ2n) is 4.82. The monoisotopic (exact) mass is 252 g/mol. The zero-order valence-electron chi connectivity index (χ0n) is 10.6. The van der Waals surface area contributed by atoms with Gasteiger partial charge in [-0.1, -0.05) is 31.9 Å². The smallest absolute Gasteiger partial charge is 0.193 e. The first-order valence-corrected chi connectivity index (χ1v) is 6.58. The van der Waals surface area contributed by atoms with Gasteiger partial charge in [-0.25, -0.2) is 0 Å². The van der Waals surface area contributed by atoms with E-state index in [-0.39, 0.29) is 12.4 Å². The number of fused-ring (bicyclic) bond motifs is 1. The third kappa shape index (κ3) is 2.55. The molecule has 2 N–H and O–H groups in total. The Morgan fingerprint density at radius 1 is 1.39 bits per heavy atom. The summed E-state index contributed by atoms with van der Waals surface area (Å²) in [6, 6.07) is 0. The molecule has 1 saturated heterocycles. The molecule has 1 aliphatic heterocycles. The second kappa shape index (κ2) is 5.78. The van der Waals surface area contributed by atoms with E-state index in [0.717, 1.165) is 19.3 Å². The molecule has 0 unspecified atom stereocenters. The highest BCUT2D eigenvalue weighted by Crippen LogP contribution is 2.38. The highest BCUT2D eigenvalue weighted by atomic mass is 16.6. The highest BCUT2D eigenvalue weighted by Gasteiger charge is 2.55. The Balaban J connectivity index is 2.05. The summed E-state index contributed by atoms with van der Waals surface area (Å²) in [5.74, 6) is -0.180. The van der Waals surface area contributed by atoms with Crippen molar-refractivity contribution in [3.8, 4) is 0 Å². The van der Waals surface area contributed by atoms with Crippen LogP contribution in [0.5, 0.6) is 0 Å². The summed E-state index contributed by atoms with van der Waals surface area (Å²) in [5.41, 5.74) is 0.825. The largest absolute Gasteiger partial charge is 0.392 e. The highest BCUT2D eigenvalue weighted by molar-refractivity contribution is 6.03. The second-order valence-corrected chi connectivity index (χ2v) is 4.82. The molecule has 0 saturated carbocycles. The Labute approximate surface area is 107 Å². The number of ketones is 1. The standard InChI is InChI=1S/C14H20O4/c1-2-3-4-5-6-7-9-10(8-15)12(17)14-13(18-14)11(9)16/h6-7,11,13-16H,2-5,8H2,1H3/t11-,13+,14-/m1/s1. The molecule has 0 aromatic carbocycles. The lowest BCUT2D eigenvalue weighted by Gasteiger charge is -2.17. The lowest BCUT2D eigenvalue weighted by molar-refractivity contribution is -0.117. The first kappa shape index (κ1) is 13.5. The number of unbranched alkanes of at least 4 members (excludes halogenated alkanes) is 3. The number of hydrogen-bond donors (Lipinski definition) is 2. The fourth-order valence-electron chi connectivity index (χ4n) is 2.34. The summed E-state index contributed by atoms with van der Waals surface area (Å²) in [6.07, 6.45) is 6.37. The minimum Gasteiger partial charge on any atom is -0.392 e. The Kier molecular flexibility index (Phi) is 4.32. The van der Waals surface area contributed by atoms with Crippen LogP contribution in [0.1, 0.15) is 32.6 Å². The molecule has 0 spiro atoms. The zero-order valence-corrected chi connectivity index (χ0v) is 10.6. The average molecular weight is 252 g/mol. The topological polar surface area (TPSA) is 70.1 Å². The van der Waals surface area contributed by atoms with Gasteiger partial charge in [0.05, 0.1) is 6.61 Å². The number of rotatable bonds is 6. The van der Waals surface area contributed by atoms with Crippen molar-refractivity contribution in [3.63, 3.8) is 0 Å². The lowest BCUT2D eigenvalue weighted by atomic mass is 9.88. The van der Waals surface area contributed by atoms with Crippen LogP contribution in [-0.2, 0) is 9.53 Å². The van der Waals surface area contributed by atoms with Crippen LogP contribution in [0.15, 0.2) is 23.3 Å². The summed E-state index contributed by atoms with van der Waals surface area (Å²) in [5, 5.41) is 19.3. The summed E-state index contributed by atoms with van der Waals surface area (Å²) in [7, 11) is 0. The maximum Gasteiger partial charge on any atom is 0.193 e. The molecule has 100 valence electrons. The molecule has 4 nitrogen and oxygen atoms in total. The summed E-state index contributed by atoms with van der Waals surface area (Å²) < 4.78 is 5.12. The normalized spacial score (nSPS) is 31.1. The van der Waals surface area contributed by atoms with Gasteiger partial charge in [0.15, 0.2) is 5.78 Å². The molecule has 18 heavy (non-hydrogen) atoms. The van der Waals surface area contributed by atoms with Crippen LogP contribution >= 0.6 is 0 Å². The van der Waals surface area contributed by atoms with Gasteiger partial charge in [-0.05, 0) is 18.4 Å². The molecule has 0 aromatic heterocycles. The van der Waals surface area contributed by atoms with Crippen molar-refractivity contribution in [3.05, 3.63) is 23.3 Å². The molecule has 1 fully saturated rings. The minimum atomic E-state index is -0.780. The van der Waals surface area contributed by atoms with Crippen LogP contribution < -0.4 is 0 Å². The van der Waals surface area contributed by atoms with E-state index < -0.39 is 18.3 Å². The number of hydrogen-bond acceptors (Lipinski definition) is 4. The third-order valence-corrected chi connectivity index (χ3v) is 3.49. The van der Waals surface area contributed by atoms with Gasteiger partial charge < -0.3 is 14.9 Å². The molecule has 1 heterocycles. The van der Waals surface area contributed by atoms with E-state index in [9.17, 15) is 15.0 Å². The molecule has 2 rings (SSSR count). The van der Waals surface area contributed by atoms with Crippen LogP contribution in [0.4, 0.5) is 0 Å². The predicted octanol–water partition coefficient (Wildman–Crippen LogP) is 1.12. The summed E-state index contributed by atoms with van der Waals surface area (Å²) >= 11 is 0. The van der Waals surface area contributed by atoms with Gasteiger partial charge in [0.25, 0.3) is 0 Å². The van der Waals surface area contributed by atoms with Crippen molar-refractivity contribution >= 4 is 5.78 Å². The number of aliphatic hydroxyl groups excluding tert-OH is 2. The molecule has 4 heteroatoms. The SMILES string of the molecule is CCCCCC=CC1=C(CO)C(=O)[C@H]2O[C@H]2[C@@H]1O. The van der Waals surface area contributed by atoms with Crippen molar-refractivity contribution in [2.24, 2.45) is 0 Å². The molecule has 2 aliphatic rings. The van der Waals surface area contributed by atoms with Gasteiger partial charge in [-0.3, -0.25) is 4.79 Å². The van der Waals surface area contributed by atoms with Crippen molar-refractivity contribution < 1.29 is 19.7 Å². The number of carbonyl (C=O) groups excluding carboxylic acids is 1. The molecule has 0 amide bonds. The molecule has 1 aliphatic carbocycles. The molecule has 0 bridgehead atoms. The fraction of sp³-hybridized carbons (Fsp3) is 0.643. The van der Waals surface area contributed by atoms with E-state index in [1.54, 1.807) is 6.08 Å². The number of ether oxygens (including phenoxy) is 1. The number of allylic oxidation sites excluding steroid dienone is 1. The van der Waals surface area contributed by atoms with Crippen molar-refractivity contribution in [1.29, 1.82) is 0 Å². The molecular weight excluding hydrogens is 232 g/mol. The molecule has 0 radical (unpaired) electrons. The third-order valence-electron chi connectivity index (χ3n) is 3.49. The average Bonchev–Trinajstić information content (AvgIpc) is 3.15. The van der Waals surface area contributed by atoms with Gasteiger partial charge in [0, 0.05) is 5.57 Å². The summed E-state index contributed by atoms with van der Waals surface area (Å²) in [4.78, 5) is 11.8. The first-order chi connectivity index (χ1) is 8.70. The van der Waals surface area contributed by atoms with E-state index in [2.05, 4.69) is 6.92 Å². The van der Waals surface area contributed by atoms with Crippen LogP contribution in [0, 0.1) is 0 Å². The minimum absolute atomic E-state index is 0.180. The molecule has 0 aromatic rings. The molecule has 3 atom stereocenters. The van der Waals surface area contributed by atoms with Gasteiger partial charge >= 0.3 is 0 Å². The van der Waals surface area contributed by atoms with Crippen molar-refractivity contribution in [1.82, 2.24) is 0 Å². The number of aliphatic hydroxyl groups is 2. The van der Waals surface area contributed by atoms with E-state index in [0.29, 0.717) is 11.1 Å². The first-order valence-electron chi connectivity index (χ1n) is 6.58. The molecular formula is C14H20O4. The zero-order chi connectivity index (χ0) is 13.1. The number of carbonyl (C=O) groups is 1. The van der Waals surface area contributed by atoms with Crippen molar-refractivity contribution in [2.75, 3.05) is 6.61 Å². The van der Waals surface area contributed by atoms with Crippen LogP contribution in [-0.4, -0.2) is 40.9 Å². The van der Waals surface area contributed by atoms with Crippen LogP contribution in [0.25, 0.3) is 0 Å². The van der Waals surface area contributed by atoms with Gasteiger partial charge in [0.2, 0.25) is 0 Å². The van der Waals surface area contributed by atoms with Crippen LogP contribution in [0.3, 0.4) is 0 Å².